The predicted octanol–water partition coefficient (Wildman–Crippen LogP) is 3.17. The third-order valence-electron chi connectivity index (χ3n) is 2.61. The maximum Gasteiger partial charge on any atom is 0.410 e. The first-order valence-electron chi connectivity index (χ1n) is 6.01. The summed E-state index contributed by atoms with van der Waals surface area (Å²) in [6.45, 7) is 6.97. The molecule has 1 aromatic rings. The van der Waals surface area contributed by atoms with E-state index in [4.69, 9.17) is 4.74 Å². The maximum atomic E-state index is 11.9. The fraction of sp³-hybridized carbons (Fsp3) is 0.538. The zero-order valence-electron chi connectivity index (χ0n) is 11.0. The van der Waals surface area contributed by atoms with Gasteiger partial charge in [-0.1, -0.05) is 6.08 Å². The van der Waals surface area contributed by atoms with Crippen molar-refractivity contribution in [3.8, 4) is 0 Å². The number of hydrogen-bond acceptors (Lipinski definition) is 4. The molecular weight excluding hydrogens is 248 g/mol. The number of thiazole rings is 1. The fourth-order valence-corrected chi connectivity index (χ4v) is 2.45. The van der Waals surface area contributed by atoms with Gasteiger partial charge in [0.25, 0.3) is 0 Å². The largest absolute Gasteiger partial charge is 0.444 e. The van der Waals surface area contributed by atoms with Gasteiger partial charge >= 0.3 is 6.09 Å². The highest BCUT2D eigenvalue weighted by Gasteiger charge is 2.23. The molecule has 1 aromatic heterocycles. The van der Waals surface area contributed by atoms with Gasteiger partial charge in [0.2, 0.25) is 0 Å². The van der Waals surface area contributed by atoms with Gasteiger partial charge in [0.15, 0.2) is 0 Å². The molecule has 0 unspecified atom stereocenters. The maximum absolute atomic E-state index is 11.9. The van der Waals surface area contributed by atoms with E-state index in [0.717, 1.165) is 6.42 Å². The molecule has 98 valence electrons. The summed E-state index contributed by atoms with van der Waals surface area (Å²) in [4.78, 5) is 18.9. The third kappa shape index (κ3) is 3.32. The van der Waals surface area contributed by atoms with E-state index in [-0.39, 0.29) is 6.09 Å². The average Bonchev–Trinajstić information content (AvgIpc) is 2.80. The summed E-state index contributed by atoms with van der Waals surface area (Å²) >= 11 is 1.63. The number of hydrogen-bond donors (Lipinski definition) is 0. The Morgan fingerprint density at radius 1 is 1.50 bits per heavy atom. The Morgan fingerprint density at radius 2 is 2.28 bits per heavy atom. The molecule has 0 saturated heterocycles. The van der Waals surface area contributed by atoms with Crippen LogP contribution >= 0.6 is 11.3 Å². The number of rotatable bonds is 1. The monoisotopic (exact) mass is 266 g/mol. The Kier molecular flexibility index (Phi) is 3.71. The minimum atomic E-state index is -0.432. The molecule has 0 aromatic carbocycles. The van der Waals surface area contributed by atoms with Crippen LogP contribution in [0.1, 0.15) is 32.1 Å². The second kappa shape index (κ2) is 5.10. The normalized spacial score (nSPS) is 16.4. The molecule has 5 heteroatoms. The van der Waals surface area contributed by atoms with Crippen LogP contribution in [0.15, 0.2) is 17.8 Å². The van der Waals surface area contributed by atoms with E-state index in [1.165, 1.54) is 10.5 Å². The Morgan fingerprint density at radius 3 is 2.78 bits per heavy atom. The van der Waals surface area contributed by atoms with Crippen LogP contribution in [0.25, 0.3) is 5.57 Å². The molecule has 0 fully saturated rings. The van der Waals surface area contributed by atoms with Gasteiger partial charge in [-0.3, -0.25) is 4.98 Å². The van der Waals surface area contributed by atoms with Gasteiger partial charge in [-0.25, -0.2) is 4.79 Å². The molecule has 1 aliphatic heterocycles. The number of carbonyl (C=O) groups is 1. The molecule has 18 heavy (non-hydrogen) atoms. The van der Waals surface area contributed by atoms with Crippen molar-refractivity contribution in [2.45, 2.75) is 32.8 Å². The minimum Gasteiger partial charge on any atom is -0.444 e. The van der Waals surface area contributed by atoms with Crippen LogP contribution in [0.3, 0.4) is 0 Å². The van der Waals surface area contributed by atoms with Gasteiger partial charge in [-0.05, 0) is 32.8 Å². The van der Waals surface area contributed by atoms with Crippen molar-refractivity contribution in [2.75, 3.05) is 13.1 Å². The Bertz CT molecular complexity index is 446. The molecule has 0 atom stereocenters. The molecule has 0 aliphatic carbocycles. The van der Waals surface area contributed by atoms with Crippen molar-refractivity contribution in [1.82, 2.24) is 9.88 Å². The molecule has 1 aliphatic rings. The molecule has 2 heterocycles. The number of nitrogens with zero attached hydrogens (tertiary/aromatic N) is 2. The second-order valence-corrected chi connectivity index (χ2v) is 6.16. The van der Waals surface area contributed by atoms with Gasteiger partial charge in [0, 0.05) is 24.2 Å². The van der Waals surface area contributed by atoms with Gasteiger partial charge in [0.05, 0.1) is 5.51 Å². The highest BCUT2D eigenvalue weighted by atomic mass is 32.1. The first kappa shape index (κ1) is 13.1. The number of carbonyl (C=O) groups excluding carboxylic acids is 1. The summed E-state index contributed by atoms with van der Waals surface area (Å²) in [7, 11) is 0. The Balaban J connectivity index is 1.96. The van der Waals surface area contributed by atoms with Crippen LogP contribution < -0.4 is 0 Å². The van der Waals surface area contributed by atoms with Gasteiger partial charge in [-0.15, -0.1) is 11.3 Å². The second-order valence-electron chi connectivity index (χ2n) is 5.27. The summed E-state index contributed by atoms with van der Waals surface area (Å²) in [5.74, 6) is 0. The molecule has 0 saturated carbocycles. The molecule has 2 rings (SSSR count). The lowest BCUT2D eigenvalue weighted by Crippen LogP contribution is -2.39. The molecule has 4 nitrogen and oxygen atoms in total. The lowest BCUT2D eigenvalue weighted by molar-refractivity contribution is 0.0270. The van der Waals surface area contributed by atoms with E-state index < -0.39 is 5.60 Å². The molecule has 0 bridgehead atoms. The summed E-state index contributed by atoms with van der Waals surface area (Å²) < 4.78 is 5.35. The fourth-order valence-electron chi connectivity index (χ4n) is 1.76. The molecule has 0 N–H and O–H groups in total. The quantitative estimate of drug-likeness (QED) is 0.784. The van der Waals surface area contributed by atoms with Gasteiger partial charge in [-0.2, -0.15) is 0 Å². The van der Waals surface area contributed by atoms with E-state index in [0.29, 0.717) is 13.1 Å². The Hall–Kier alpha value is -1.36. The van der Waals surface area contributed by atoms with Crippen molar-refractivity contribution in [3.05, 3.63) is 22.7 Å². The lowest BCUT2D eigenvalue weighted by Gasteiger charge is -2.29. The topological polar surface area (TPSA) is 42.4 Å². The summed E-state index contributed by atoms with van der Waals surface area (Å²) in [6, 6.07) is 0. The van der Waals surface area contributed by atoms with Crippen LogP contribution in [0.2, 0.25) is 0 Å². The van der Waals surface area contributed by atoms with Crippen molar-refractivity contribution < 1.29 is 9.53 Å². The smallest absolute Gasteiger partial charge is 0.410 e. The summed E-state index contributed by atoms with van der Waals surface area (Å²) in [6.07, 6.45) is 4.59. The van der Waals surface area contributed by atoms with Crippen molar-refractivity contribution in [2.24, 2.45) is 0 Å². The first-order valence-corrected chi connectivity index (χ1v) is 6.89. The zero-order chi connectivity index (χ0) is 13.2. The lowest BCUT2D eigenvalue weighted by atomic mass is 10.1. The van der Waals surface area contributed by atoms with Gasteiger partial charge in [0.1, 0.15) is 5.60 Å². The number of amides is 1. The molecule has 0 radical (unpaired) electrons. The van der Waals surface area contributed by atoms with Crippen LogP contribution in [0.4, 0.5) is 4.79 Å². The third-order valence-corrected chi connectivity index (χ3v) is 3.46. The van der Waals surface area contributed by atoms with Crippen molar-refractivity contribution >= 4 is 23.0 Å². The van der Waals surface area contributed by atoms with Crippen LogP contribution in [-0.2, 0) is 4.74 Å². The van der Waals surface area contributed by atoms with Crippen LogP contribution in [-0.4, -0.2) is 34.7 Å². The SMILES string of the molecule is CC(C)(C)OC(=O)N1CC=C(c2cncs2)CC1. The van der Waals surface area contributed by atoms with Crippen LogP contribution in [0.5, 0.6) is 0 Å². The summed E-state index contributed by atoms with van der Waals surface area (Å²) in [5.41, 5.74) is 2.67. The molecule has 1 amide bonds. The predicted molar refractivity (Wildman–Crippen MR) is 72.5 cm³/mol. The van der Waals surface area contributed by atoms with E-state index in [1.54, 1.807) is 16.2 Å². The van der Waals surface area contributed by atoms with Gasteiger partial charge < -0.3 is 9.64 Å². The van der Waals surface area contributed by atoms with Crippen molar-refractivity contribution in [1.29, 1.82) is 0 Å². The van der Waals surface area contributed by atoms with E-state index in [9.17, 15) is 4.79 Å². The highest BCUT2D eigenvalue weighted by molar-refractivity contribution is 7.10. The molecule has 0 spiro atoms. The van der Waals surface area contributed by atoms with Crippen molar-refractivity contribution in [3.63, 3.8) is 0 Å². The Labute approximate surface area is 111 Å². The number of ether oxygens (including phenoxy) is 1. The highest BCUT2D eigenvalue weighted by Crippen LogP contribution is 2.25. The standard InChI is InChI=1S/C13H18N2O2S/c1-13(2,3)17-12(16)15-6-4-10(5-7-15)11-8-14-9-18-11/h4,8-9H,5-7H2,1-3H3. The van der Waals surface area contributed by atoms with E-state index in [2.05, 4.69) is 11.1 Å². The number of aromatic nitrogens is 1. The van der Waals surface area contributed by atoms with Crippen LogP contribution in [0, 0.1) is 0 Å². The van der Waals surface area contributed by atoms with E-state index >= 15 is 0 Å². The zero-order valence-corrected chi connectivity index (χ0v) is 11.8. The summed E-state index contributed by atoms with van der Waals surface area (Å²) in [5, 5.41) is 0. The minimum absolute atomic E-state index is 0.234. The molecular formula is C13H18N2O2S. The average molecular weight is 266 g/mol. The van der Waals surface area contributed by atoms with E-state index in [1.807, 2.05) is 32.5 Å². The first-order chi connectivity index (χ1) is 8.46.